The lowest BCUT2D eigenvalue weighted by molar-refractivity contribution is 0.0780. The molecule has 0 unspecified atom stereocenters. The Bertz CT molecular complexity index is 1180. The van der Waals surface area contributed by atoms with Crippen molar-refractivity contribution in [1.82, 2.24) is 14.7 Å². The summed E-state index contributed by atoms with van der Waals surface area (Å²) >= 11 is 0. The molecule has 3 aromatic carbocycles. The molecule has 0 aliphatic carbocycles. The fourth-order valence-electron chi connectivity index (χ4n) is 3.51. The van der Waals surface area contributed by atoms with Crippen LogP contribution >= 0.6 is 0 Å². The van der Waals surface area contributed by atoms with E-state index < -0.39 is 0 Å². The Labute approximate surface area is 181 Å². The number of hydrogen-bond acceptors (Lipinski definition) is 3. The summed E-state index contributed by atoms with van der Waals surface area (Å²) in [5.41, 5.74) is 3.46. The summed E-state index contributed by atoms with van der Waals surface area (Å²) in [5, 5.41) is 4.41. The Hall–Kier alpha value is -3.99. The number of carbonyl (C=O) groups excluding carboxylic acids is 2. The zero-order valence-corrected chi connectivity index (χ0v) is 17.3. The predicted octanol–water partition coefficient (Wildman–Crippen LogP) is 4.43. The molecule has 0 fully saturated rings. The van der Waals surface area contributed by atoms with Gasteiger partial charge in [0.2, 0.25) is 0 Å². The third-order valence-electron chi connectivity index (χ3n) is 5.08. The summed E-state index contributed by atoms with van der Waals surface area (Å²) in [5.74, 6) is -0.357. The van der Waals surface area contributed by atoms with E-state index in [0.29, 0.717) is 29.8 Å². The molecular weight excluding hydrogens is 386 g/mol. The molecule has 0 spiro atoms. The normalized spacial score (nSPS) is 10.6. The van der Waals surface area contributed by atoms with Crippen LogP contribution in [0.1, 0.15) is 37.4 Å². The van der Waals surface area contributed by atoms with Crippen molar-refractivity contribution in [3.63, 3.8) is 0 Å². The van der Waals surface area contributed by atoms with Gasteiger partial charge in [0.15, 0.2) is 5.78 Å². The van der Waals surface area contributed by atoms with Crippen molar-refractivity contribution in [2.45, 2.75) is 13.1 Å². The monoisotopic (exact) mass is 409 g/mol. The predicted molar refractivity (Wildman–Crippen MR) is 120 cm³/mol. The van der Waals surface area contributed by atoms with Crippen LogP contribution in [0.25, 0.3) is 0 Å². The van der Waals surface area contributed by atoms with E-state index in [9.17, 15) is 9.59 Å². The van der Waals surface area contributed by atoms with Gasteiger partial charge in [-0.2, -0.15) is 5.10 Å². The summed E-state index contributed by atoms with van der Waals surface area (Å²) in [6.07, 6.45) is 3.71. The van der Waals surface area contributed by atoms with E-state index in [1.165, 1.54) is 0 Å². The molecule has 0 atom stereocenters. The average molecular weight is 409 g/mol. The lowest BCUT2D eigenvalue weighted by atomic mass is 9.97. The fraction of sp³-hybridized carbons (Fsp3) is 0.115. The van der Waals surface area contributed by atoms with Crippen LogP contribution in [0.5, 0.6) is 0 Å². The molecule has 0 saturated carbocycles. The fourth-order valence-corrected chi connectivity index (χ4v) is 3.51. The van der Waals surface area contributed by atoms with E-state index in [4.69, 9.17) is 0 Å². The molecule has 0 N–H and O–H groups in total. The van der Waals surface area contributed by atoms with Crippen molar-refractivity contribution in [2.24, 2.45) is 0 Å². The molecule has 0 saturated heterocycles. The van der Waals surface area contributed by atoms with Crippen LogP contribution in [0.4, 0.5) is 0 Å². The van der Waals surface area contributed by atoms with Gasteiger partial charge in [0.25, 0.3) is 5.91 Å². The van der Waals surface area contributed by atoms with Crippen molar-refractivity contribution in [2.75, 3.05) is 7.05 Å². The second-order valence-electron chi connectivity index (χ2n) is 7.43. The number of hydrogen-bond donors (Lipinski definition) is 0. The van der Waals surface area contributed by atoms with E-state index in [0.717, 1.165) is 11.1 Å². The standard InChI is InChI=1S/C26H23N3O2/c1-28(17-21-16-27-29(19-21)18-20-10-4-2-5-11-20)26(31)24-15-9-8-14-23(24)25(30)22-12-6-3-7-13-22/h2-16,19H,17-18H2,1H3. The van der Waals surface area contributed by atoms with Gasteiger partial charge in [-0.05, 0) is 11.6 Å². The third kappa shape index (κ3) is 4.78. The first-order valence-electron chi connectivity index (χ1n) is 10.1. The smallest absolute Gasteiger partial charge is 0.254 e. The first-order valence-corrected chi connectivity index (χ1v) is 10.1. The van der Waals surface area contributed by atoms with E-state index in [1.807, 2.05) is 47.3 Å². The quantitative estimate of drug-likeness (QED) is 0.424. The van der Waals surface area contributed by atoms with E-state index in [1.54, 1.807) is 54.5 Å². The number of ketones is 1. The maximum absolute atomic E-state index is 13.1. The summed E-state index contributed by atoms with van der Waals surface area (Å²) < 4.78 is 1.86. The van der Waals surface area contributed by atoms with Crippen LogP contribution in [0, 0.1) is 0 Å². The molecule has 1 aromatic heterocycles. The zero-order valence-electron chi connectivity index (χ0n) is 17.3. The second-order valence-corrected chi connectivity index (χ2v) is 7.43. The Kier molecular flexibility index (Phi) is 6.03. The molecule has 0 aliphatic heterocycles. The van der Waals surface area contributed by atoms with Gasteiger partial charge in [-0.15, -0.1) is 0 Å². The van der Waals surface area contributed by atoms with Gasteiger partial charge in [0.1, 0.15) is 0 Å². The lowest BCUT2D eigenvalue weighted by Gasteiger charge is -2.18. The lowest BCUT2D eigenvalue weighted by Crippen LogP contribution is -2.27. The Morgan fingerprint density at radius 2 is 1.42 bits per heavy atom. The first-order chi connectivity index (χ1) is 15.1. The molecule has 5 heteroatoms. The maximum Gasteiger partial charge on any atom is 0.254 e. The molecule has 0 bridgehead atoms. The molecule has 0 aliphatic rings. The highest BCUT2D eigenvalue weighted by Gasteiger charge is 2.21. The highest BCUT2D eigenvalue weighted by atomic mass is 16.2. The number of carbonyl (C=O) groups is 2. The number of rotatable bonds is 7. The van der Waals surface area contributed by atoms with Crippen molar-refractivity contribution < 1.29 is 9.59 Å². The van der Waals surface area contributed by atoms with E-state index in [2.05, 4.69) is 17.2 Å². The largest absolute Gasteiger partial charge is 0.337 e. The number of amides is 1. The molecule has 31 heavy (non-hydrogen) atoms. The highest BCUT2D eigenvalue weighted by molar-refractivity contribution is 6.15. The van der Waals surface area contributed by atoms with Crippen LogP contribution in [0.3, 0.4) is 0 Å². The number of benzene rings is 3. The Balaban J connectivity index is 1.49. The summed E-state index contributed by atoms with van der Waals surface area (Å²) in [6.45, 7) is 1.08. The third-order valence-corrected chi connectivity index (χ3v) is 5.08. The van der Waals surface area contributed by atoms with Gasteiger partial charge in [0, 0.05) is 36.5 Å². The minimum atomic E-state index is -0.198. The Morgan fingerprint density at radius 1 is 0.806 bits per heavy atom. The maximum atomic E-state index is 13.1. The SMILES string of the molecule is CN(Cc1cnn(Cc2ccccc2)c1)C(=O)c1ccccc1C(=O)c1ccccc1. The minimum absolute atomic E-state index is 0.159. The number of nitrogens with zero attached hydrogens (tertiary/aromatic N) is 3. The van der Waals surface area contributed by atoms with Crippen LogP contribution in [0.15, 0.2) is 97.3 Å². The van der Waals surface area contributed by atoms with Crippen LogP contribution in [-0.2, 0) is 13.1 Å². The van der Waals surface area contributed by atoms with Gasteiger partial charge < -0.3 is 4.90 Å². The minimum Gasteiger partial charge on any atom is -0.337 e. The average Bonchev–Trinajstić information content (AvgIpc) is 3.25. The topological polar surface area (TPSA) is 55.2 Å². The zero-order chi connectivity index (χ0) is 21.6. The van der Waals surface area contributed by atoms with Gasteiger partial charge in [-0.25, -0.2) is 0 Å². The molecule has 0 radical (unpaired) electrons. The van der Waals surface area contributed by atoms with Gasteiger partial charge in [-0.3, -0.25) is 14.3 Å². The summed E-state index contributed by atoms with van der Waals surface area (Å²) in [4.78, 5) is 27.7. The van der Waals surface area contributed by atoms with Crippen molar-refractivity contribution >= 4 is 11.7 Å². The van der Waals surface area contributed by atoms with Gasteiger partial charge >= 0.3 is 0 Å². The molecule has 154 valence electrons. The van der Waals surface area contributed by atoms with Crippen molar-refractivity contribution in [3.8, 4) is 0 Å². The molecule has 1 amide bonds. The molecular formula is C26H23N3O2. The number of aromatic nitrogens is 2. The Morgan fingerprint density at radius 3 is 2.13 bits per heavy atom. The molecule has 4 rings (SSSR count). The van der Waals surface area contributed by atoms with Crippen LogP contribution in [-0.4, -0.2) is 33.4 Å². The molecule has 5 nitrogen and oxygen atoms in total. The summed E-state index contributed by atoms with van der Waals surface area (Å²) in [6, 6.07) is 26.1. The molecule has 1 heterocycles. The van der Waals surface area contributed by atoms with Crippen molar-refractivity contribution in [3.05, 3.63) is 125 Å². The van der Waals surface area contributed by atoms with E-state index >= 15 is 0 Å². The van der Waals surface area contributed by atoms with Crippen LogP contribution in [0.2, 0.25) is 0 Å². The second kappa shape index (κ2) is 9.22. The van der Waals surface area contributed by atoms with E-state index in [-0.39, 0.29) is 11.7 Å². The highest BCUT2D eigenvalue weighted by Crippen LogP contribution is 2.17. The molecule has 4 aromatic rings. The summed E-state index contributed by atoms with van der Waals surface area (Å²) in [7, 11) is 1.74. The van der Waals surface area contributed by atoms with Gasteiger partial charge in [-0.1, -0.05) is 78.9 Å². The van der Waals surface area contributed by atoms with Crippen molar-refractivity contribution in [1.29, 1.82) is 0 Å². The van der Waals surface area contributed by atoms with Gasteiger partial charge in [0.05, 0.1) is 18.3 Å². The first kappa shape index (κ1) is 20.3. The van der Waals surface area contributed by atoms with Crippen LogP contribution < -0.4 is 0 Å².